The second kappa shape index (κ2) is 8.01. The molecule has 7 nitrogen and oxygen atoms in total. The Morgan fingerprint density at radius 2 is 1.70 bits per heavy atom. The first kappa shape index (κ1) is 17.9. The summed E-state index contributed by atoms with van der Waals surface area (Å²) in [5.74, 6) is 0.345. The molecule has 7 heteroatoms. The van der Waals surface area contributed by atoms with Crippen LogP contribution in [0.2, 0.25) is 0 Å². The van der Waals surface area contributed by atoms with E-state index in [2.05, 4.69) is 5.32 Å². The first-order valence-electron chi connectivity index (χ1n) is 8.08. The van der Waals surface area contributed by atoms with Crippen molar-refractivity contribution in [3.8, 4) is 17.2 Å². The van der Waals surface area contributed by atoms with Crippen LogP contribution in [-0.2, 0) is 6.54 Å². The topological polar surface area (TPSA) is 105 Å². The molecular weight excluding hydrogens is 348 g/mol. The van der Waals surface area contributed by atoms with Crippen molar-refractivity contribution in [3.63, 3.8) is 0 Å². The second-order valence-electron chi connectivity index (χ2n) is 5.67. The second-order valence-corrected chi connectivity index (χ2v) is 5.67. The number of non-ortho nitro benzene ring substituents is 1. The highest BCUT2D eigenvalue weighted by Gasteiger charge is 2.10. The average Bonchev–Trinajstić information content (AvgIpc) is 2.68. The first-order chi connectivity index (χ1) is 13.0. The Kier molecular flexibility index (Phi) is 5.32. The predicted molar refractivity (Wildman–Crippen MR) is 96.7 cm³/mol. The Labute approximate surface area is 155 Å². The van der Waals surface area contributed by atoms with Gasteiger partial charge in [-0.3, -0.25) is 14.9 Å². The number of hydrogen-bond donors (Lipinski definition) is 1. The van der Waals surface area contributed by atoms with Crippen LogP contribution >= 0.6 is 0 Å². The molecule has 1 amide bonds. The molecule has 0 unspecified atom stereocenters. The standard InChI is InChI=1S/C20H16N2O5/c23-19-10-9-16(22(25)26)11-15(19)13-21-20(24)14-5-4-8-18(12-14)27-17-6-2-1-3-7-17/h1-12,23H,13H2,(H,21,24)/p-1. The van der Waals surface area contributed by atoms with E-state index in [-0.39, 0.29) is 23.5 Å². The van der Waals surface area contributed by atoms with Gasteiger partial charge in [-0.1, -0.05) is 30.3 Å². The molecule has 0 atom stereocenters. The molecule has 0 aliphatic heterocycles. The predicted octanol–water partition coefficient (Wildman–Crippen LogP) is 3.39. The van der Waals surface area contributed by atoms with Crippen LogP contribution in [0.25, 0.3) is 0 Å². The van der Waals surface area contributed by atoms with Crippen LogP contribution in [0, 0.1) is 10.1 Å². The number of nitro groups is 1. The van der Waals surface area contributed by atoms with E-state index in [1.807, 2.05) is 18.2 Å². The van der Waals surface area contributed by atoms with Crippen LogP contribution in [0.3, 0.4) is 0 Å². The molecule has 0 heterocycles. The maximum absolute atomic E-state index is 12.4. The minimum atomic E-state index is -0.588. The van der Waals surface area contributed by atoms with Gasteiger partial charge in [-0.15, -0.1) is 5.75 Å². The summed E-state index contributed by atoms with van der Waals surface area (Å²) in [7, 11) is 0. The number of carbonyl (C=O) groups excluding carboxylic acids is 1. The molecule has 27 heavy (non-hydrogen) atoms. The van der Waals surface area contributed by atoms with Gasteiger partial charge >= 0.3 is 0 Å². The van der Waals surface area contributed by atoms with Crippen molar-refractivity contribution < 1.29 is 19.6 Å². The summed E-state index contributed by atoms with van der Waals surface area (Å²) in [6.45, 7) is -0.108. The molecule has 0 saturated carbocycles. The van der Waals surface area contributed by atoms with Crippen molar-refractivity contribution in [2.24, 2.45) is 0 Å². The lowest BCUT2D eigenvalue weighted by Gasteiger charge is -2.14. The third-order valence-corrected chi connectivity index (χ3v) is 3.77. The van der Waals surface area contributed by atoms with E-state index in [9.17, 15) is 20.0 Å². The molecule has 1 N–H and O–H groups in total. The molecule has 0 aliphatic carbocycles. The molecule has 0 bridgehead atoms. The average molecular weight is 363 g/mol. The highest BCUT2D eigenvalue weighted by molar-refractivity contribution is 5.94. The number of nitro benzene ring substituents is 1. The number of nitrogens with one attached hydrogen (secondary N) is 1. The lowest BCUT2D eigenvalue weighted by molar-refractivity contribution is -0.385. The van der Waals surface area contributed by atoms with E-state index < -0.39 is 10.8 Å². The minimum Gasteiger partial charge on any atom is -0.872 e. The summed E-state index contributed by atoms with van der Waals surface area (Å²) in [5.41, 5.74) is 0.299. The van der Waals surface area contributed by atoms with Crippen molar-refractivity contribution in [1.82, 2.24) is 5.32 Å². The van der Waals surface area contributed by atoms with Gasteiger partial charge in [0.05, 0.1) is 4.92 Å². The summed E-state index contributed by atoms with van der Waals surface area (Å²) >= 11 is 0. The van der Waals surface area contributed by atoms with Crippen molar-refractivity contribution in [3.05, 3.63) is 94.0 Å². The molecule has 0 spiro atoms. The summed E-state index contributed by atoms with van der Waals surface area (Å²) in [5, 5.41) is 25.2. The van der Waals surface area contributed by atoms with Gasteiger partial charge < -0.3 is 15.2 Å². The molecule has 0 saturated heterocycles. The summed E-state index contributed by atoms with van der Waals surface area (Å²) < 4.78 is 5.69. The van der Waals surface area contributed by atoms with Gasteiger partial charge in [-0.05, 0) is 35.9 Å². The number of nitrogens with zero attached hydrogens (tertiary/aromatic N) is 1. The van der Waals surface area contributed by atoms with Crippen LogP contribution in [0.1, 0.15) is 15.9 Å². The molecular formula is C20H15N2O5-. The van der Waals surface area contributed by atoms with Crippen LogP contribution in [0.4, 0.5) is 5.69 Å². The van der Waals surface area contributed by atoms with Crippen LogP contribution in [-0.4, -0.2) is 10.8 Å². The Balaban J connectivity index is 1.69. The zero-order valence-corrected chi connectivity index (χ0v) is 14.1. The summed E-state index contributed by atoms with van der Waals surface area (Å²) in [4.78, 5) is 22.6. The SMILES string of the molecule is O=C(NCc1cc([N+](=O)[O-])ccc1[O-])c1cccc(Oc2ccccc2)c1. The quantitative estimate of drug-likeness (QED) is 0.534. The number of ether oxygens (including phenoxy) is 1. The Morgan fingerprint density at radius 3 is 2.44 bits per heavy atom. The number of para-hydroxylation sites is 1. The van der Waals surface area contributed by atoms with Gasteiger partial charge in [0.15, 0.2) is 0 Å². The van der Waals surface area contributed by atoms with E-state index in [4.69, 9.17) is 4.74 Å². The van der Waals surface area contributed by atoms with E-state index in [0.717, 1.165) is 18.2 Å². The zero-order chi connectivity index (χ0) is 19.2. The minimum absolute atomic E-state index is 0.108. The first-order valence-corrected chi connectivity index (χ1v) is 8.08. The van der Waals surface area contributed by atoms with Crippen molar-refractivity contribution in [1.29, 1.82) is 0 Å². The van der Waals surface area contributed by atoms with E-state index in [1.165, 1.54) is 0 Å². The summed E-state index contributed by atoms with van der Waals surface area (Å²) in [6.07, 6.45) is 0. The number of hydrogen-bond acceptors (Lipinski definition) is 5. The van der Waals surface area contributed by atoms with E-state index in [1.54, 1.807) is 36.4 Å². The van der Waals surface area contributed by atoms with Crippen LogP contribution in [0.15, 0.2) is 72.8 Å². The molecule has 136 valence electrons. The third-order valence-electron chi connectivity index (χ3n) is 3.77. The van der Waals surface area contributed by atoms with Gasteiger partial charge in [0, 0.05) is 24.2 Å². The highest BCUT2D eigenvalue weighted by atomic mass is 16.6. The lowest BCUT2D eigenvalue weighted by atomic mass is 10.1. The van der Waals surface area contributed by atoms with Crippen LogP contribution in [0.5, 0.6) is 17.2 Å². The molecule has 0 radical (unpaired) electrons. The Bertz CT molecular complexity index is 973. The number of amides is 1. The summed E-state index contributed by atoms with van der Waals surface area (Å²) in [6, 6.07) is 19.2. The van der Waals surface area contributed by atoms with Crippen molar-refractivity contribution in [2.45, 2.75) is 6.54 Å². The van der Waals surface area contributed by atoms with E-state index >= 15 is 0 Å². The largest absolute Gasteiger partial charge is 0.872 e. The lowest BCUT2D eigenvalue weighted by Crippen LogP contribution is -2.23. The van der Waals surface area contributed by atoms with Crippen molar-refractivity contribution in [2.75, 3.05) is 0 Å². The third kappa shape index (κ3) is 4.60. The van der Waals surface area contributed by atoms with Crippen LogP contribution < -0.4 is 15.2 Å². The number of benzene rings is 3. The zero-order valence-electron chi connectivity index (χ0n) is 14.1. The Morgan fingerprint density at radius 1 is 0.963 bits per heavy atom. The maximum atomic E-state index is 12.4. The molecule has 3 aromatic rings. The Hall–Kier alpha value is -3.87. The molecule has 3 rings (SSSR count). The maximum Gasteiger partial charge on any atom is 0.269 e. The normalized spacial score (nSPS) is 10.2. The van der Waals surface area contributed by atoms with Gasteiger partial charge in [-0.2, -0.15) is 0 Å². The molecule has 0 aromatic heterocycles. The number of rotatable bonds is 6. The van der Waals surface area contributed by atoms with E-state index in [0.29, 0.717) is 17.1 Å². The van der Waals surface area contributed by atoms with Gasteiger partial charge in [-0.25, -0.2) is 0 Å². The molecule has 0 fully saturated rings. The fraction of sp³-hybridized carbons (Fsp3) is 0.0500. The number of carbonyl (C=O) groups is 1. The highest BCUT2D eigenvalue weighted by Crippen LogP contribution is 2.23. The van der Waals surface area contributed by atoms with Gasteiger partial charge in [0.2, 0.25) is 0 Å². The fourth-order valence-electron chi connectivity index (χ4n) is 2.42. The smallest absolute Gasteiger partial charge is 0.269 e. The molecule has 0 aliphatic rings. The van der Waals surface area contributed by atoms with Crippen molar-refractivity contribution >= 4 is 11.6 Å². The monoisotopic (exact) mass is 363 g/mol. The van der Waals surface area contributed by atoms with Gasteiger partial charge in [0.25, 0.3) is 11.6 Å². The van der Waals surface area contributed by atoms with Gasteiger partial charge in [0.1, 0.15) is 11.5 Å². The molecule has 3 aromatic carbocycles. The fourth-order valence-corrected chi connectivity index (χ4v) is 2.42.